The third-order valence-corrected chi connectivity index (χ3v) is 2.91. The van der Waals surface area contributed by atoms with Crippen molar-refractivity contribution in [3.05, 3.63) is 48.1 Å². The monoisotopic (exact) mass is 271 g/mol. The van der Waals surface area contributed by atoms with E-state index in [1.165, 1.54) is 6.20 Å². The number of rotatable bonds is 2. The molecule has 2 heterocycles. The van der Waals surface area contributed by atoms with Gasteiger partial charge in [-0.25, -0.2) is 4.98 Å². The Morgan fingerprint density at radius 3 is 2.95 bits per heavy atom. The van der Waals surface area contributed by atoms with Crippen LogP contribution < -0.4 is 11.1 Å². The molecule has 0 aliphatic carbocycles. The van der Waals surface area contributed by atoms with E-state index in [1.807, 2.05) is 24.3 Å². The number of nitrogens with two attached hydrogens (primary N) is 1. The smallest absolute Gasteiger partial charge is 0.224 e. The first-order chi connectivity index (χ1) is 9.24. The Bertz CT molecular complexity index is 739. The molecule has 0 bridgehead atoms. The molecule has 0 aliphatic rings. The van der Waals surface area contributed by atoms with E-state index in [9.17, 15) is 0 Å². The molecule has 3 rings (SSSR count). The van der Waals surface area contributed by atoms with E-state index in [-0.39, 0.29) is 5.28 Å². The molecule has 5 nitrogen and oxygen atoms in total. The molecule has 3 N–H and O–H groups in total. The van der Waals surface area contributed by atoms with Gasteiger partial charge in [-0.2, -0.15) is 4.98 Å². The zero-order valence-corrected chi connectivity index (χ0v) is 10.6. The van der Waals surface area contributed by atoms with E-state index in [4.69, 9.17) is 17.3 Å². The Kier molecular flexibility index (Phi) is 2.89. The summed E-state index contributed by atoms with van der Waals surface area (Å²) in [6, 6.07) is 7.83. The summed E-state index contributed by atoms with van der Waals surface area (Å²) in [6.45, 7) is 0. The number of nitrogens with one attached hydrogen (secondary N) is 1. The maximum atomic E-state index is 5.82. The van der Waals surface area contributed by atoms with Crippen LogP contribution in [0.15, 0.2) is 42.9 Å². The minimum atomic E-state index is 0.148. The molecule has 3 aromatic rings. The van der Waals surface area contributed by atoms with E-state index in [2.05, 4.69) is 20.3 Å². The van der Waals surface area contributed by atoms with Crippen LogP contribution in [-0.4, -0.2) is 15.0 Å². The van der Waals surface area contributed by atoms with Gasteiger partial charge in [-0.1, -0.05) is 12.1 Å². The second-order valence-electron chi connectivity index (χ2n) is 3.97. The first kappa shape index (κ1) is 11.7. The van der Waals surface area contributed by atoms with Crippen molar-refractivity contribution >= 4 is 39.6 Å². The van der Waals surface area contributed by atoms with Gasteiger partial charge < -0.3 is 11.1 Å². The van der Waals surface area contributed by atoms with Crippen molar-refractivity contribution < 1.29 is 0 Å². The van der Waals surface area contributed by atoms with Gasteiger partial charge >= 0.3 is 0 Å². The molecule has 0 amide bonds. The molecule has 6 heteroatoms. The summed E-state index contributed by atoms with van der Waals surface area (Å²) in [5.41, 5.74) is 7.12. The number of nitrogen functional groups attached to an aromatic ring is 1. The van der Waals surface area contributed by atoms with E-state index in [0.29, 0.717) is 11.5 Å². The van der Waals surface area contributed by atoms with Crippen molar-refractivity contribution in [2.24, 2.45) is 0 Å². The van der Waals surface area contributed by atoms with Gasteiger partial charge in [-0.15, -0.1) is 0 Å². The highest BCUT2D eigenvalue weighted by molar-refractivity contribution is 6.28. The van der Waals surface area contributed by atoms with Gasteiger partial charge in [0.25, 0.3) is 0 Å². The minimum Gasteiger partial charge on any atom is -0.394 e. The van der Waals surface area contributed by atoms with Crippen molar-refractivity contribution in [1.82, 2.24) is 15.0 Å². The number of pyridine rings is 1. The van der Waals surface area contributed by atoms with E-state index >= 15 is 0 Å². The number of aromatic nitrogens is 3. The summed E-state index contributed by atoms with van der Waals surface area (Å²) in [6.07, 6.45) is 5.01. The van der Waals surface area contributed by atoms with Crippen LogP contribution in [0.4, 0.5) is 17.2 Å². The number of nitrogens with zero attached hydrogens (tertiary/aromatic N) is 3. The predicted octanol–water partition coefficient (Wildman–Crippen LogP) is 3.00. The van der Waals surface area contributed by atoms with Gasteiger partial charge in [0.05, 0.1) is 11.9 Å². The summed E-state index contributed by atoms with van der Waals surface area (Å²) < 4.78 is 0. The summed E-state index contributed by atoms with van der Waals surface area (Å²) in [4.78, 5) is 12.0. The zero-order valence-electron chi connectivity index (χ0n) is 9.84. The number of fused-ring (bicyclic) bond motifs is 1. The summed E-state index contributed by atoms with van der Waals surface area (Å²) >= 11 is 5.77. The fourth-order valence-corrected chi connectivity index (χ4v) is 1.95. The van der Waals surface area contributed by atoms with E-state index < -0.39 is 0 Å². The molecule has 19 heavy (non-hydrogen) atoms. The number of anilines is 3. The molecule has 0 saturated carbocycles. The topological polar surface area (TPSA) is 76.7 Å². The van der Waals surface area contributed by atoms with Gasteiger partial charge in [-0.05, 0) is 29.1 Å². The van der Waals surface area contributed by atoms with Gasteiger partial charge in [0.1, 0.15) is 0 Å². The average Bonchev–Trinajstić information content (AvgIpc) is 2.43. The van der Waals surface area contributed by atoms with Crippen molar-refractivity contribution in [3.63, 3.8) is 0 Å². The van der Waals surface area contributed by atoms with Gasteiger partial charge in [0.2, 0.25) is 5.28 Å². The Balaban J connectivity index is 2.08. The van der Waals surface area contributed by atoms with Crippen molar-refractivity contribution in [2.75, 3.05) is 11.1 Å². The van der Waals surface area contributed by atoms with Crippen LogP contribution in [0.2, 0.25) is 5.28 Å². The first-order valence-electron chi connectivity index (χ1n) is 5.62. The highest BCUT2D eigenvalue weighted by atomic mass is 35.5. The van der Waals surface area contributed by atoms with E-state index in [1.54, 1.807) is 12.4 Å². The SMILES string of the molecule is Nc1cnc(Cl)nc1Nc1cccc2ccncc12. The number of benzene rings is 1. The third kappa shape index (κ3) is 2.28. The largest absolute Gasteiger partial charge is 0.394 e. The van der Waals surface area contributed by atoms with Crippen molar-refractivity contribution in [2.45, 2.75) is 0 Å². The maximum absolute atomic E-state index is 5.82. The van der Waals surface area contributed by atoms with E-state index in [0.717, 1.165) is 16.5 Å². The second kappa shape index (κ2) is 4.70. The molecule has 0 unspecified atom stereocenters. The summed E-state index contributed by atoms with van der Waals surface area (Å²) in [7, 11) is 0. The molecular weight excluding hydrogens is 262 g/mol. The standard InChI is InChI=1S/C13H10ClN5/c14-13-17-7-10(15)12(19-13)18-11-3-1-2-8-4-5-16-6-9(8)11/h1-7H,15H2,(H,17,18,19). The van der Waals surface area contributed by atoms with Crippen molar-refractivity contribution in [1.29, 1.82) is 0 Å². The van der Waals surface area contributed by atoms with Crippen LogP contribution in [0, 0.1) is 0 Å². The lowest BCUT2D eigenvalue weighted by Gasteiger charge is -2.10. The predicted molar refractivity (Wildman–Crippen MR) is 76.5 cm³/mol. The molecule has 0 spiro atoms. The molecular formula is C13H10ClN5. The van der Waals surface area contributed by atoms with Crippen LogP contribution in [0.3, 0.4) is 0 Å². The number of hydrogen-bond donors (Lipinski definition) is 2. The second-order valence-corrected chi connectivity index (χ2v) is 4.31. The lowest BCUT2D eigenvalue weighted by Crippen LogP contribution is -2.01. The molecule has 0 aliphatic heterocycles. The molecule has 94 valence electrons. The van der Waals surface area contributed by atoms with Gasteiger partial charge in [0.15, 0.2) is 5.82 Å². The normalized spacial score (nSPS) is 10.6. The molecule has 0 fully saturated rings. The Labute approximate surface area is 114 Å². The van der Waals surface area contributed by atoms with Crippen LogP contribution in [0.1, 0.15) is 0 Å². The molecule has 0 saturated heterocycles. The van der Waals surface area contributed by atoms with Crippen molar-refractivity contribution in [3.8, 4) is 0 Å². The van der Waals surface area contributed by atoms with Gasteiger partial charge in [-0.3, -0.25) is 4.98 Å². The van der Waals surface area contributed by atoms with Crippen LogP contribution >= 0.6 is 11.6 Å². The summed E-state index contributed by atoms with van der Waals surface area (Å²) in [5.74, 6) is 0.483. The molecule has 2 aromatic heterocycles. The highest BCUT2D eigenvalue weighted by Crippen LogP contribution is 2.27. The fraction of sp³-hybridized carbons (Fsp3) is 0. The first-order valence-corrected chi connectivity index (χ1v) is 5.99. The number of hydrogen-bond acceptors (Lipinski definition) is 5. The molecule has 1 aromatic carbocycles. The third-order valence-electron chi connectivity index (χ3n) is 2.72. The lowest BCUT2D eigenvalue weighted by molar-refractivity contribution is 1.17. The van der Waals surface area contributed by atoms with Gasteiger partial charge in [0, 0.05) is 23.5 Å². The minimum absolute atomic E-state index is 0.148. The average molecular weight is 272 g/mol. The van der Waals surface area contributed by atoms with Crippen LogP contribution in [-0.2, 0) is 0 Å². The number of halogens is 1. The quantitative estimate of drug-likeness (QED) is 0.701. The van der Waals surface area contributed by atoms with Crippen LogP contribution in [0.25, 0.3) is 10.8 Å². The maximum Gasteiger partial charge on any atom is 0.224 e. The Morgan fingerprint density at radius 1 is 1.16 bits per heavy atom. The Hall–Kier alpha value is -2.40. The lowest BCUT2D eigenvalue weighted by atomic mass is 10.1. The zero-order chi connectivity index (χ0) is 13.2. The Morgan fingerprint density at radius 2 is 2.05 bits per heavy atom. The molecule has 0 radical (unpaired) electrons. The van der Waals surface area contributed by atoms with Crippen LogP contribution in [0.5, 0.6) is 0 Å². The molecule has 0 atom stereocenters. The fourth-order valence-electron chi connectivity index (χ4n) is 1.82. The highest BCUT2D eigenvalue weighted by Gasteiger charge is 2.06. The summed E-state index contributed by atoms with van der Waals surface area (Å²) in [5, 5.41) is 5.37.